The third-order valence-corrected chi connectivity index (χ3v) is 14.3. The van der Waals surface area contributed by atoms with Gasteiger partial charge in [0.2, 0.25) is 0 Å². The molecule has 2 aromatic heterocycles. The van der Waals surface area contributed by atoms with Crippen LogP contribution in [0.5, 0.6) is 5.75 Å². The molecule has 0 aliphatic heterocycles. The molecule has 0 unspecified atom stereocenters. The van der Waals surface area contributed by atoms with Crippen LogP contribution in [0.25, 0.3) is 95.0 Å². The summed E-state index contributed by atoms with van der Waals surface area (Å²) in [5.74, 6) is -0.0974. The van der Waals surface area contributed by atoms with Gasteiger partial charge >= 0.3 is 0 Å². The SMILES string of the molecule is [2H]C(C)(C)c1cc(-c2ccccc2)c(-n2c(-c3cc(C(C)(C)C)cc(C(C)(C)C)c3O)nc3c(-c4cc(-c5ccccc5)cc(-c5cc(-c6ccc(C(C)(C)C)cc6)ccn5)c4)cccc32)cc1-c1ccccc1. The largest absolute Gasteiger partial charge is 0.507 e. The lowest BCUT2D eigenvalue weighted by Gasteiger charge is -2.28. The van der Waals surface area contributed by atoms with Crippen LogP contribution in [-0.2, 0) is 16.2 Å². The first-order valence-electron chi connectivity index (χ1n) is 26.1. The highest BCUT2D eigenvalue weighted by Crippen LogP contribution is 2.47. The number of imidazole rings is 1. The number of aromatic hydroxyl groups is 1. The highest BCUT2D eigenvalue weighted by Gasteiger charge is 2.30. The summed E-state index contributed by atoms with van der Waals surface area (Å²) in [6.07, 6.45) is 1.91. The van der Waals surface area contributed by atoms with Crippen LogP contribution in [0, 0.1) is 0 Å². The molecule has 364 valence electrons. The first-order chi connectivity index (χ1) is 35.1. The van der Waals surface area contributed by atoms with Crippen molar-refractivity contribution in [1.29, 1.82) is 0 Å². The number of phenols is 1. The van der Waals surface area contributed by atoms with Crippen molar-refractivity contribution in [3.05, 3.63) is 217 Å². The van der Waals surface area contributed by atoms with E-state index in [9.17, 15) is 6.48 Å². The van der Waals surface area contributed by atoms with Crippen molar-refractivity contribution in [3.8, 4) is 89.7 Å². The molecule has 0 bridgehead atoms. The van der Waals surface area contributed by atoms with Gasteiger partial charge in [-0.15, -0.1) is 0 Å². The lowest BCUT2D eigenvalue weighted by atomic mass is 9.79. The van der Waals surface area contributed by atoms with Crippen LogP contribution in [0.3, 0.4) is 0 Å². The van der Waals surface area contributed by atoms with E-state index in [1.165, 1.54) is 5.56 Å². The molecule has 0 spiro atoms. The quantitative estimate of drug-likeness (QED) is 0.157. The van der Waals surface area contributed by atoms with Crippen LogP contribution in [0.4, 0.5) is 0 Å². The molecule has 0 saturated carbocycles. The Labute approximate surface area is 434 Å². The minimum absolute atomic E-state index is 0.0567. The van der Waals surface area contributed by atoms with Gasteiger partial charge in [-0.3, -0.25) is 9.55 Å². The Morgan fingerprint density at radius 3 is 1.63 bits per heavy atom. The molecule has 0 fully saturated rings. The molecule has 4 nitrogen and oxygen atoms in total. The van der Waals surface area contributed by atoms with E-state index in [0.717, 1.165) is 100 Å². The molecule has 0 aliphatic carbocycles. The highest BCUT2D eigenvalue weighted by atomic mass is 16.3. The molecule has 4 heteroatoms. The number of pyridine rings is 1. The van der Waals surface area contributed by atoms with Crippen LogP contribution in [0.15, 0.2) is 194 Å². The molecule has 8 aromatic carbocycles. The molecule has 10 aromatic rings. The maximum Gasteiger partial charge on any atom is 0.149 e. The van der Waals surface area contributed by atoms with Gasteiger partial charge in [0.25, 0.3) is 0 Å². The Bertz CT molecular complexity index is 3680. The van der Waals surface area contributed by atoms with Crippen molar-refractivity contribution in [2.24, 2.45) is 0 Å². The Kier molecular flexibility index (Phi) is 12.4. The number of fused-ring (bicyclic) bond motifs is 1. The van der Waals surface area contributed by atoms with Crippen molar-refractivity contribution in [1.82, 2.24) is 14.5 Å². The van der Waals surface area contributed by atoms with Crippen LogP contribution >= 0.6 is 0 Å². The fourth-order valence-electron chi connectivity index (χ4n) is 10.1. The number of aromatic nitrogens is 3. The second kappa shape index (κ2) is 19.0. The summed E-state index contributed by atoms with van der Waals surface area (Å²) in [4.78, 5) is 10.8. The van der Waals surface area contributed by atoms with Gasteiger partial charge in [0.15, 0.2) is 0 Å². The number of rotatable bonds is 9. The summed E-state index contributed by atoms with van der Waals surface area (Å²) in [5.41, 5.74) is 19.0. The molecular weight excluding hydrogens is 887 g/mol. The Morgan fingerprint density at radius 2 is 1.03 bits per heavy atom. The van der Waals surface area contributed by atoms with Crippen LogP contribution in [0.2, 0.25) is 0 Å². The molecular formula is C69H67N3O. The molecule has 0 amide bonds. The molecule has 2 heterocycles. The summed E-state index contributed by atoms with van der Waals surface area (Å²) in [6, 6.07) is 66.6. The summed E-state index contributed by atoms with van der Waals surface area (Å²) < 4.78 is 11.8. The van der Waals surface area contributed by atoms with Gasteiger partial charge in [0.05, 0.1) is 28.0 Å². The van der Waals surface area contributed by atoms with Crippen LogP contribution < -0.4 is 0 Å². The number of hydrogen-bond donors (Lipinski definition) is 1. The van der Waals surface area contributed by atoms with Gasteiger partial charge in [0.1, 0.15) is 11.6 Å². The van der Waals surface area contributed by atoms with Gasteiger partial charge in [-0.1, -0.05) is 210 Å². The standard InChI is InChI=1S/C69H67N3O/c1-44(2)56-42-58(48-26-19-14-20-27-48)63(43-57(56)47-24-17-13-18-25-47)72-62-29-21-28-55(64(62)71-66(72)59-40-54(68(6,7)8)41-60(65(59)73)69(9,10)11)51-36-50(45-22-15-12-16-23-45)37-52(38-51)61-39-49(34-35-70-61)46-30-32-53(33-31-46)67(3,4)5/h12-44,73H,1-11H3/i44D. The average Bonchev–Trinajstić information content (AvgIpc) is 3.78. The van der Waals surface area contributed by atoms with E-state index in [0.29, 0.717) is 11.4 Å². The molecule has 73 heavy (non-hydrogen) atoms. The molecule has 10 rings (SSSR count). The van der Waals surface area contributed by atoms with Crippen LogP contribution in [-0.4, -0.2) is 19.6 Å². The Hall–Kier alpha value is -7.82. The topological polar surface area (TPSA) is 50.9 Å². The van der Waals surface area contributed by atoms with Gasteiger partial charge < -0.3 is 5.11 Å². The number of benzene rings is 8. The normalized spacial score (nSPS) is 12.6. The number of phenolic OH excluding ortho intramolecular Hbond substituents is 1. The third kappa shape index (κ3) is 9.67. The zero-order chi connectivity index (χ0) is 52.3. The Morgan fingerprint density at radius 1 is 0.452 bits per heavy atom. The number of nitrogens with zero attached hydrogens (tertiary/aromatic N) is 3. The van der Waals surface area contributed by atoms with E-state index >= 15 is 0 Å². The smallest absolute Gasteiger partial charge is 0.149 e. The molecule has 1 N–H and O–H groups in total. The predicted molar refractivity (Wildman–Crippen MR) is 309 cm³/mol. The molecule has 0 atom stereocenters. The zero-order valence-electron chi connectivity index (χ0n) is 45.3. The summed E-state index contributed by atoms with van der Waals surface area (Å²) in [6.45, 7) is 23.8. The highest BCUT2D eigenvalue weighted by molar-refractivity contribution is 5.99. The lowest BCUT2D eigenvalue weighted by Crippen LogP contribution is -2.17. The van der Waals surface area contributed by atoms with E-state index < -0.39 is 5.89 Å². The first-order valence-corrected chi connectivity index (χ1v) is 25.6. The van der Waals surface area contributed by atoms with Gasteiger partial charge in [-0.25, -0.2) is 4.98 Å². The van der Waals surface area contributed by atoms with Gasteiger partial charge in [0, 0.05) is 29.8 Å². The minimum Gasteiger partial charge on any atom is -0.507 e. The van der Waals surface area contributed by atoms with E-state index in [1.807, 2.05) is 32.2 Å². The average molecular weight is 955 g/mol. The van der Waals surface area contributed by atoms with Gasteiger partial charge in [-0.05, 0) is 138 Å². The van der Waals surface area contributed by atoms with Crippen molar-refractivity contribution < 1.29 is 6.48 Å². The summed E-state index contributed by atoms with van der Waals surface area (Å²) in [5, 5.41) is 12.8. The van der Waals surface area contributed by atoms with E-state index in [2.05, 4.69) is 243 Å². The fraction of sp³-hybridized carbons (Fsp3) is 0.217. The van der Waals surface area contributed by atoms with Gasteiger partial charge in [-0.2, -0.15) is 0 Å². The lowest BCUT2D eigenvalue weighted by molar-refractivity contribution is 0.446. The second-order valence-electron chi connectivity index (χ2n) is 22.9. The summed E-state index contributed by atoms with van der Waals surface area (Å²) in [7, 11) is 0. The van der Waals surface area contributed by atoms with Crippen molar-refractivity contribution in [2.75, 3.05) is 0 Å². The maximum atomic E-state index is 12.8. The summed E-state index contributed by atoms with van der Waals surface area (Å²) >= 11 is 0. The minimum atomic E-state index is -0.937. The van der Waals surface area contributed by atoms with Crippen molar-refractivity contribution >= 4 is 11.0 Å². The second-order valence-corrected chi connectivity index (χ2v) is 22.9. The fourth-order valence-corrected chi connectivity index (χ4v) is 10.1. The number of para-hydroxylation sites is 1. The molecule has 0 radical (unpaired) electrons. The van der Waals surface area contributed by atoms with E-state index in [-0.39, 0.29) is 22.0 Å². The monoisotopic (exact) mass is 955 g/mol. The van der Waals surface area contributed by atoms with Crippen molar-refractivity contribution in [3.63, 3.8) is 0 Å². The zero-order valence-corrected chi connectivity index (χ0v) is 44.3. The predicted octanol–water partition coefficient (Wildman–Crippen LogP) is 18.8. The number of hydrogen-bond acceptors (Lipinski definition) is 3. The first kappa shape index (κ1) is 47.5. The third-order valence-electron chi connectivity index (χ3n) is 14.3. The van der Waals surface area contributed by atoms with E-state index in [1.54, 1.807) is 0 Å². The molecule has 0 aliphatic rings. The van der Waals surface area contributed by atoms with E-state index in [4.69, 9.17) is 9.97 Å². The molecule has 0 saturated heterocycles. The van der Waals surface area contributed by atoms with Crippen molar-refractivity contribution in [2.45, 2.75) is 98.3 Å². The maximum absolute atomic E-state index is 12.8. The van der Waals surface area contributed by atoms with Crippen LogP contribution in [0.1, 0.15) is 106 Å². The Balaban J connectivity index is 1.30.